The van der Waals surface area contributed by atoms with Crippen LogP contribution in [0.3, 0.4) is 0 Å². The Bertz CT molecular complexity index is 925. The second-order valence-electron chi connectivity index (χ2n) is 6.24. The number of aryl methyl sites for hydroxylation is 2. The average Bonchev–Trinajstić information content (AvgIpc) is 3.22. The third-order valence-electron chi connectivity index (χ3n) is 4.50. The molecule has 0 fully saturated rings. The molecule has 0 saturated carbocycles. The Morgan fingerprint density at radius 2 is 1.96 bits per heavy atom. The molecule has 3 rings (SSSR count). The van der Waals surface area contributed by atoms with Gasteiger partial charge in [0.1, 0.15) is 5.75 Å². The summed E-state index contributed by atoms with van der Waals surface area (Å²) in [6, 6.07) is 9.04. The molecule has 0 bridgehead atoms. The zero-order valence-corrected chi connectivity index (χ0v) is 15.6. The van der Waals surface area contributed by atoms with Crippen LogP contribution in [0.1, 0.15) is 27.4 Å². The van der Waals surface area contributed by atoms with E-state index in [1.165, 1.54) is 0 Å². The highest BCUT2D eigenvalue weighted by Crippen LogP contribution is 2.24. The van der Waals surface area contributed by atoms with Gasteiger partial charge in [0.15, 0.2) is 11.5 Å². The molecule has 0 unspecified atom stereocenters. The van der Waals surface area contributed by atoms with Crippen LogP contribution in [0.5, 0.6) is 5.75 Å². The van der Waals surface area contributed by atoms with E-state index in [4.69, 9.17) is 9.26 Å². The summed E-state index contributed by atoms with van der Waals surface area (Å²) in [5.41, 5.74) is 4.11. The summed E-state index contributed by atoms with van der Waals surface area (Å²) in [5.74, 6) is 1.10. The largest absolute Gasteiger partial charge is 0.497 e. The maximum absolute atomic E-state index is 12.7. The Balaban J connectivity index is 1.76. The van der Waals surface area contributed by atoms with Gasteiger partial charge in [0.2, 0.25) is 0 Å². The summed E-state index contributed by atoms with van der Waals surface area (Å²) in [6.45, 7) is 4.40. The first-order chi connectivity index (χ1) is 12.4. The van der Waals surface area contributed by atoms with E-state index >= 15 is 0 Å². The molecule has 2 aromatic heterocycles. The normalized spacial score (nSPS) is 10.8. The molecule has 0 aliphatic heterocycles. The van der Waals surface area contributed by atoms with E-state index in [0.717, 1.165) is 28.3 Å². The summed E-state index contributed by atoms with van der Waals surface area (Å²) < 4.78 is 12.3. The monoisotopic (exact) mass is 354 g/mol. The molecule has 0 aliphatic carbocycles. The molecule has 0 spiro atoms. The summed E-state index contributed by atoms with van der Waals surface area (Å²) in [4.78, 5) is 14.3. The number of nitrogens with zero attached hydrogens (tertiary/aromatic N) is 4. The van der Waals surface area contributed by atoms with Crippen molar-refractivity contribution >= 4 is 5.91 Å². The number of methoxy groups -OCH3 is 1. The Morgan fingerprint density at radius 1 is 1.27 bits per heavy atom. The number of amides is 1. The Morgan fingerprint density at radius 3 is 2.54 bits per heavy atom. The first kappa shape index (κ1) is 17.7. The fourth-order valence-corrected chi connectivity index (χ4v) is 2.82. The second kappa shape index (κ2) is 7.03. The summed E-state index contributed by atoms with van der Waals surface area (Å²) in [7, 11) is 5.25. The first-order valence-corrected chi connectivity index (χ1v) is 8.26. The van der Waals surface area contributed by atoms with E-state index in [2.05, 4.69) is 10.3 Å². The third kappa shape index (κ3) is 3.33. The van der Waals surface area contributed by atoms with Crippen LogP contribution in [-0.2, 0) is 13.6 Å². The fraction of sp³-hybridized carbons (Fsp3) is 0.316. The zero-order chi connectivity index (χ0) is 18.8. The highest BCUT2D eigenvalue weighted by atomic mass is 16.5. The molecule has 1 amide bonds. The van der Waals surface area contributed by atoms with Gasteiger partial charge in [-0.25, -0.2) is 0 Å². The minimum atomic E-state index is -0.198. The van der Waals surface area contributed by atoms with Gasteiger partial charge < -0.3 is 14.2 Å². The molecule has 0 atom stereocenters. The molecule has 1 aromatic carbocycles. The van der Waals surface area contributed by atoms with Gasteiger partial charge in [-0.15, -0.1) is 0 Å². The van der Waals surface area contributed by atoms with Crippen molar-refractivity contribution in [2.24, 2.45) is 7.05 Å². The molecule has 3 aromatic rings. The average molecular weight is 354 g/mol. The van der Waals surface area contributed by atoms with Crippen molar-refractivity contribution in [3.05, 3.63) is 53.0 Å². The first-order valence-electron chi connectivity index (χ1n) is 8.26. The highest BCUT2D eigenvalue weighted by Gasteiger charge is 2.20. The summed E-state index contributed by atoms with van der Waals surface area (Å²) in [6.07, 6.45) is 0. The molecule has 136 valence electrons. The molecule has 7 heteroatoms. The van der Waals surface area contributed by atoms with Gasteiger partial charge in [-0.1, -0.05) is 5.16 Å². The summed E-state index contributed by atoms with van der Waals surface area (Å²) in [5, 5.41) is 8.32. The van der Waals surface area contributed by atoms with E-state index in [0.29, 0.717) is 12.3 Å². The van der Waals surface area contributed by atoms with Gasteiger partial charge in [0.05, 0.1) is 12.8 Å². The Kier molecular flexibility index (Phi) is 4.79. The topological polar surface area (TPSA) is 73.4 Å². The van der Waals surface area contributed by atoms with E-state index in [1.807, 2.05) is 49.8 Å². The maximum atomic E-state index is 12.7. The maximum Gasteiger partial charge on any atom is 0.276 e. The van der Waals surface area contributed by atoms with Crippen molar-refractivity contribution in [1.29, 1.82) is 0 Å². The van der Waals surface area contributed by atoms with Gasteiger partial charge in [0.25, 0.3) is 5.91 Å². The van der Waals surface area contributed by atoms with Crippen LogP contribution in [0, 0.1) is 13.8 Å². The minimum Gasteiger partial charge on any atom is -0.497 e. The number of rotatable bonds is 5. The number of hydrogen-bond donors (Lipinski definition) is 0. The van der Waals surface area contributed by atoms with Gasteiger partial charge in [-0.05, 0) is 38.1 Å². The lowest BCUT2D eigenvalue weighted by molar-refractivity contribution is 0.0774. The molecule has 7 nitrogen and oxygen atoms in total. The lowest BCUT2D eigenvalue weighted by atomic mass is 10.1. The van der Waals surface area contributed by atoms with E-state index in [-0.39, 0.29) is 11.6 Å². The minimum absolute atomic E-state index is 0.198. The van der Waals surface area contributed by atoms with E-state index in [1.54, 1.807) is 25.1 Å². The number of benzene rings is 1. The van der Waals surface area contributed by atoms with Gasteiger partial charge >= 0.3 is 0 Å². The van der Waals surface area contributed by atoms with E-state index < -0.39 is 0 Å². The van der Waals surface area contributed by atoms with Crippen LogP contribution < -0.4 is 4.74 Å². The number of carbonyl (C=O) groups is 1. The van der Waals surface area contributed by atoms with Crippen molar-refractivity contribution in [2.45, 2.75) is 20.4 Å². The van der Waals surface area contributed by atoms with Crippen molar-refractivity contribution < 1.29 is 14.1 Å². The van der Waals surface area contributed by atoms with Crippen molar-refractivity contribution in [3.63, 3.8) is 0 Å². The molecular weight excluding hydrogens is 332 g/mol. The van der Waals surface area contributed by atoms with Gasteiger partial charge in [0, 0.05) is 43.5 Å². The molecule has 0 N–H and O–H groups in total. The van der Waals surface area contributed by atoms with Gasteiger partial charge in [-0.2, -0.15) is 5.10 Å². The van der Waals surface area contributed by atoms with Crippen LogP contribution >= 0.6 is 0 Å². The Hall–Kier alpha value is -3.09. The van der Waals surface area contributed by atoms with Crippen LogP contribution in [0.25, 0.3) is 11.3 Å². The predicted molar refractivity (Wildman–Crippen MR) is 97.0 cm³/mol. The van der Waals surface area contributed by atoms with Crippen LogP contribution in [0.2, 0.25) is 0 Å². The number of hydrogen-bond acceptors (Lipinski definition) is 5. The Labute approximate surface area is 152 Å². The molecule has 0 aliphatic rings. The molecule has 0 saturated heterocycles. The number of ether oxygens (including phenoxy) is 1. The van der Waals surface area contributed by atoms with Crippen LogP contribution in [-0.4, -0.2) is 39.9 Å². The SMILES string of the molecule is COc1ccc(-c2cc(C(=O)N(C)Cc3c(C)nn(C)c3C)no2)cc1. The predicted octanol–water partition coefficient (Wildman–Crippen LogP) is 2.97. The lowest BCUT2D eigenvalue weighted by Gasteiger charge is -2.15. The van der Waals surface area contributed by atoms with Crippen molar-refractivity contribution in [1.82, 2.24) is 19.8 Å². The number of aromatic nitrogens is 3. The molecule has 2 heterocycles. The van der Waals surface area contributed by atoms with Crippen LogP contribution in [0.4, 0.5) is 0 Å². The van der Waals surface area contributed by atoms with E-state index in [9.17, 15) is 4.79 Å². The third-order valence-corrected chi connectivity index (χ3v) is 4.50. The second-order valence-corrected chi connectivity index (χ2v) is 6.24. The lowest BCUT2D eigenvalue weighted by Crippen LogP contribution is -2.27. The molecular formula is C19H22N4O3. The smallest absolute Gasteiger partial charge is 0.276 e. The van der Waals surface area contributed by atoms with Crippen LogP contribution in [0.15, 0.2) is 34.9 Å². The summed E-state index contributed by atoms with van der Waals surface area (Å²) >= 11 is 0. The fourth-order valence-electron chi connectivity index (χ4n) is 2.82. The molecule has 0 radical (unpaired) electrons. The highest BCUT2D eigenvalue weighted by molar-refractivity contribution is 5.93. The van der Waals surface area contributed by atoms with Crippen molar-refractivity contribution in [3.8, 4) is 17.1 Å². The zero-order valence-electron chi connectivity index (χ0n) is 15.6. The van der Waals surface area contributed by atoms with Gasteiger partial charge in [-0.3, -0.25) is 9.48 Å². The molecule has 26 heavy (non-hydrogen) atoms. The number of carbonyl (C=O) groups excluding carboxylic acids is 1. The van der Waals surface area contributed by atoms with Crippen molar-refractivity contribution in [2.75, 3.05) is 14.2 Å². The quantitative estimate of drug-likeness (QED) is 0.704. The standard InChI is InChI=1S/C19H22N4O3/c1-12-16(13(2)23(4)20-12)11-22(3)19(24)17-10-18(26-21-17)14-6-8-15(25-5)9-7-14/h6-10H,11H2,1-5H3.